The first-order valence-corrected chi connectivity index (χ1v) is 7.15. The summed E-state index contributed by atoms with van der Waals surface area (Å²) in [6, 6.07) is 9.70. The minimum absolute atomic E-state index is 0.371. The molecule has 1 aromatic carbocycles. The van der Waals surface area contributed by atoms with Gasteiger partial charge in [-0.3, -0.25) is 0 Å². The first kappa shape index (κ1) is 15.2. The molecule has 0 amide bonds. The van der Waals surface area contributed by atoms with Crippen LogP contribution in [0.2, 0.25) is 5.15 Å². The summed E-state index contributed by atoms with van der Waals surface area (Å²) >= 11 is 5.82. The molecule has 23 heavy (non-hydrogen) atoms. The molecule has 0 saturated heterocycles. The van der Waals surface area contributed by atoms with E-state index in [1.165, 1.54) is 30.9 Å². The second-order valence-corrected chi connectivity index (χ2v) is 5.06. The third-order valence-electron chi connectivity index (χ3n) is 2.89. The van der Waals surface area contributed by atoms with Gasteiger partial charge in [0.15, 0.2) is 5.75 Å². The minimum Gasteiger partial charge on any atom is -0.454 e. The van der Waals surface area contributed by atoms with Gasteiger partial charge in [0, 0.05) is 12.6 Å². The fourth-order valence-electron chi connectivity index (χ4n) is 1.96. The van der Waals surface area contributed by atoms with Gasteiger partial charge < -0.3 is 10.1 Å². The Balaban J connectivity index is 1.72. The third kappa shape index (κ3) is 4.37. The van der Waals surface area contributed by atoms with Gasteiger partial charge in [-0.15, -0.1) is 0 Å². The Hall–Kier alpha value is -2.73. The summed E-state index contributed by atoms with van der Waals surface area (Å²) in [6.45, 7) is 0.382. The first-order valence-electron chi connectivity index (χ1n) is 6.78. The van der Waals surface area contributed by atoms with Crippen LogP contribution in [0.15, 0.2) is 55.1 Å². The van der Waals surface area contributed by atoms with Crippen LogP contribution in [0.4, 0.5) is 10.2 Å². The maximum Gasteiger partial charge on any atom is 0.163 e. The molecule has 2 heterocycles. The van der Waals surface area contributed by atoms with Crippen LogP contribution in [0.5, 0.6) is 11.5 Å². The van der Waals surface area contributed by atoms with Gasteiger partial charge in [0.2, 0.25) is 0 Å². The van der Waals surface area contributed by atoms with E-state index in [0.717, 1.165) is 0 Å². The van der Waals surface area contributed by atoms with Crippen molar-refractivity contribution in [3.05, 3.63) is 71.7 Å². The second-order valence-electron chi connectivity index (χ2n) is 4.67. The zero-order valence-corrected chi connectivity index (χ0v) is 12.7. The lowest BCUT2D eigenvalue weighted by Crippen LogP contribution is -2.02. The monoisotopic (exact) mass is 330 g/mol. The molecule has 0 fully saturated rings. The fraction of sp³-hybridized carbons (Fsp3) is 0.0625. The van der Waals surface area contributed by atoms with E-state index in [2.05, 4.69) is 20.3 Å². The van der Waals surface area contributed by atoms with Crippen molar-refractivity contribution in [3.8, 4) is 11.5 Å². The van der Waals surface area contributed by atoms with E-state index in [-0.39, 0.29) is 0 Å². The molecule has 0 aliphatic heterocycles. The molecule has 3 rings (SSSR count). The highest BCUT2D eigenvalue weighted by molar-refractivity contribution is 6.29. The molecule has 3 aromatic rings. The number of halogens is 2. The molecular weight excluding hydrogens is 319 g/mol. The summed E-state index contributed by atoms with van der Waals surface area (Å²) in [5.41, 5.74) is 0.707. The minimum atomic E-state index is -0.393. The number of hydrogen-bond donors (Lipinski definition) is 1. The van der Waals surface area contributed by atoms with Gasteiger partial charge in [0.05, 0.1) is 12.4 Å². The van der Waals surface area contributed by atoms with Gasteiger partial charge in [-0.05, 0) is 29.8 Å². The van der Waals surface area contributed by atoms with Gasteiger partial charge >= 0.3 is 0 Å². The quantitative estimate of drug-likeness (QED) is 0.715. The number of pyridine rings is 1. The van der Waals surface area contributed by atoms with E-state index in [9.17, 15) is 4.39 Å². The largest absolute Gasteiger partial charge is 0.454 e. The van der Waals surface area contributed by atoms with Crippen LogP contribution in [-0.4, -0.2) is 15.0 Å². The molecule has 5 nitrogen and oxygen atoms in total. The Kier molecular flexibility index (Phi) is 4.63. The Bertz CT molecular complexity index is 801. The zero-order valence-electron chi connectivity index (χ0n) is 11.9. The molecule has 1 N–H and O–H groups in total. The number of aromatic nitrogens is 3. The van der Waals surface area contributed by atoms with Crippen LogP contribution in [0.25, 0.3) is 0 Å². The molecule has 0 unspecified atom stereocenters. The molecular formula is C16H12ClFN4O. The number of nitrogens with zero attached hydrogens (tertiary/aromatic N) is 3. The van der Waals surface area contributed by atoms with E-state index in [1.54, 1.807) is 24.3 Å². The van der Waals surface area contributed by atoms with E-state index in [1.807, 2.05) is 0 Å². The van der Waals surface area contributed by atoms with Crippen LogP contribution in [-0.2, 0) is 6.54 Å². The van der Waals surface area contributed by atoms with Crippen LogP contribution >= 0.6 is 11.6 Å². The summed E-state index contributed by atoms with van der Waals surface area (Å²) < 4.78 is 19.3. The number of benzene rings is 1. The summed E-state index contributed by atoms with van der Waals surface area (Å²) in [5, 5.41) is 3.47. The van der Waals surface area contributed by atoms with E-state index >= 15 is 0 Å². The summed E-state index contributed by atoms with van der Waals surface area (Å²) in [7, 11) is 0. The van der Waals surface area contributed by atoms with Crippen molar-refractivity contribution in [3.63, 3.8) is 0 Å². The van der Waals surface area contributed by atoms with Crippen molar-refractivity contribution in [1.82, 2.24) is 15.0 Å². The molecule has 0 aliphatic carbocycles. The van der Waals surface area contributed by atoms with Crippen molar-refractivity contribution >= 4 is 17.4 Å². The van der Waals surface area contributed by atoms with Crippen LogP contribution in [0.3, 0.4) is 0 Å². The molecule has 7 heteroatoms. The van der Waals surface area contributed by atoms with Gasteiger partial charge in [-0.2, -0.15) is 0 Å². The predicted molar refractivity (Wildman–Crippen MR) is 85.1 cm³/mol. The summed E-state index contributed by atoms with van der Waals surface area (Å²) in [5.74, 6) is 1.03. The van der Waals surface area contributed by atoms with Crippen molar-refractivity contribution in [2.75, 3.05) is 5.32 Å². The molecule has 2 aromatic heterocycles. The van der Waals surface area contributed by atoms with E-state index in [0.29, 0.717) is 34.6 Å². The van der Waals surface area contributed by atoms with Crippen molar-refractivity contribution in [2.45, 2.75) is 6.54 Å². The maximum absolute atomic E-state index is 13.7. The average Bonchev–Trinajstić information content (AvgIpc) is 2.53. The third-order valence-corrected chi connectivity index (χ3v) is 3.10. The topological polar surface area (TPSA) is 59.9 Å². The maximum atomic E-state index is 13.7. The highest BCUT2D eigenvalue weighted by atomic mass is 35.5. The molecule has 0 bridgehead atoms. The van der Waals surface area contributed by atoms with Crippen molar-refractivity contribution < 1.29 is 9.13 Å². The lowest BCUT2D eigenvalue weighted by Gasteiger charge is -2.09. The normalized spacial score (nSPS) is 10.3. The van der Waals surface area contributed by atoms with Gasteiger partial charge in [-0.1, -0.05) is 17.7 Å². The number of anilines is 1. The zero-order chi connectivity index (χ0) is 16.1. The van der Waals surface area contributed by atoms with Crippen molar-refractivity contribution in [2.24, 2.45) is 0 Å². The summed E-state index contributed by atoms with van der Waals surface area (Å²) in [4.78, 5) is 11.8. The smallest absolute Gasteiger partial charge is 0.163 e. The molecule has 0 saturated carbocycles. The predicted octanol–water partition coefficient (Wildman–Crippen LogP) is 4.07. The highest BCUT2D eigenvalue weighted by Gasteiger charge is 2.04. The van der Waals surface area contributed by atoms with Gasteiger partial charge in [0.25, 0.3) is 0 Å². The average molecular weight is 331 g/mol. The van der Waals surface area contributed by atoms with Gasteiger partial charge in [0.1, 0.15) is 28.9 Å². The Morgan fingerprint density at radius 2 is 1.91 bits per heavy atom. The van der Waals surface area contributed by atoms with Crippen LogP contribution in [0, 0.1) is 5.82 Å². The Morgan fingerprint density at radius 3 is 2.70 bits per heavy atom. The molecule has 116 valence electrons. The first-order chi connectivity index (χ1) is 11.2. The molecule has 0 radical (unpaired) electrons. The molecule has 0 aliphatic rings. The van der Waals surface area contributed by atoms with Gasteiger partial charge in [-0.25, -0.2) is 19.3 Å². The Morgan fingerprint density at radius 1 is 1.09 bits per heavy atom. The molecule has 0 atom stereocenters. The number of hydrogen-bond acceptors (Lipinski definition) is 5. The van der Waals surface area contributed by atoms with Crippen LogP contribution in [0.1, 0.15) is 5.56 Å². The highest BCUT2D eigenvalue weighted by Crippen LogP contribution is 2.23. The number of rotatable bonds is 5. The lowest BCUT2D eigenvalue weighted by atomic mass is 10.2. The SMILES string of the molecule is Fc1cc(CNc2cccc(Cl)n2)cc(Oc2cncnc2)c1. The lowest BCUT2D eigenvalue weighted by molar-refractivity contribution is 0.471. The van der Waals surface area contributed by atoms with E-state index < -0.39 is 5.82 Å². The standard InChI is InChI=1S/C16H12ClFN4O/c17-15-2-1-3-16(22-15)21-7-11-4-12(18)6-13(5-11)23-14-8-19-10-20-9-14/h1-6,8-10H,7H2,(H,21,22). The van der Waals surface area contributed by atoms with E-state index in [4.69, 9.17) is 16.3 Å². The number of nitrogens with one attached hydrogen (secondary N) is 1. The number of ether oxygens (including phenoxy) is 1. The fourth-order valence-corrected chi connectivity index (χ4v) is 2.12. The van der Waals surface area contributed by atoms with Crippen molar-refractivity contribution in [1.29, 1.82) is 0 Å². The van der Waals surface area contributed by atoms with Crippen LogP contribution < -0.4 is 10.1 Å². The Labute approximate surface area is 137 Å². The second kappa shape index (κ2) is 7.02. The molecule has 0 spiro atoms. The summed E-state index contributed by atoms with van der Waals surface area (Å²) in [6.07, 6.45) is 4.41.